The van der Waals surface area contributed by atoms with E-state index in [4.69, 9.17) is 21.7 Å². The van der Waals surface area contributed by atoms with Crippen LogP contribution >= 0.6 is 12.2 Å². The van der Waals surface area contributed by atoms with E-state index >= 15 is 0 Å². The van der Waals surface area contributed by atoms with Gasteiger partial charge in [0, 0.05) is 27.0 Å². The van der Waals surface area contributed by atoms with E-state index in [9.17, 15) is 4.79 Å². The first kappa shape index (κ1) is 15.6. The van der Waals surface area contributed by atoms with Crippen LogP contribution in [0, 0.1) is 4.77 Å². The highest BCUT2D eigenvalue weighted by Gasteiger charge is 2.13. The average Bonchev–Trinajstić information content (AvgIpc) is 2.85. The molecule has 0 spiro atoms. The highest BCUT2D eigenvalue weighted by atomic mass is 32.1. The van der Waals surface area contributed by atoms with Gasteiger partial charge in [-0.1, -0.05) is 0 Å². The van der Waals surface area contributed by atoms with Gasteiger partial charge in [0.05, 0.1) is 25.3 Å². The first-order valence-corrected chi connectivity index (χ1v) is 6.92. The molecule has 8 heteroatoms. The van der Waals surface area contributed by atoms with E-state index in [0.717, 1.165) is 0 Å². The molecule has 21 heavy (non-hydrogen) atoms. The Balaban J connectivity index is 2.43. The summed E-state index contributed by atoms with van der Waals surface area (Å²) in [7, 11) is 3.22. The van der Waals surface area contributed by atoms with Gasteiger partial charge in [0.2, 0.25) is 0 Å². The van der Waals surface area contributed by atoms with Gasteiger partial charge in [-0.15, -0.1) is 0 Å². The number of aromatic amines is 1. The van der Waals surface area contributed by atoms with Crippen LogP contribution in [0.3, 0.4) is 0 Å². The lowest BCUT2D eigenvalue weighted by molar-refractivity contribution is 0.186. The predicted molar refractivity (Wildman–Crippen MR) is 80.9 cm³/mol. The summed E-state index contributed by atoms with van der Waals surface area (Å²) in [6, 6.07) is 3.55. The topological polar surface area (TPSA) is 74.1 Å². The Morgan fingerprint density at radius 1 is 1.29 bits per heavy atom. The molecule has 2 aromatic rings. The van der Waals surface area contributed by atoms with Crippen LogP contribution < -0.4 is 5.56 Å². The van der Waals surface area contributed by atoms with Gasteiger partial charge >= 0.3 is 0 Å². The molecule has 0 saturated heterocycles. The van der Waals surface area contributed by atoms with Gasteiger partial charge < -0.3 is 14.0 Å². The molecule has 0 radical (unpaired) electrons. The monoisotopic (exact) mass is 310 g/mol. The summed E-state index contributed by atoms with van der Waals surface area (Å²) < 4.78 is 13.9. The lowest BCUT2D eigenvalue weighted by Gasteiger charge is -2.09. The van der Waals surface area contributed by atoms with Crippen molar-refractivity contribution in [2.45, 2.75) is 13.1 Å². The van der Waals surface area contributed by atoms with Crippen molar-refractivity contribution in [3.05, 3.63) is 33.5 Å². The summed E-state index contributed by atoms with van der Waals surface area (Å²) in [5.74, 6) is 0.522. The van der Waals surface area contributed by atoms with Crippen LogP contribution in [-0.4, -0.2) is 46.8 Å². The molecule has 0 aliphatic carbocycles. The van der Waals surface area contributed by atoms with Crippen molar-refractivity contribution in [3.63, 3.8) is 0 Å². The van der Waals surface area contributed by atoms with Crippen molar-refractivity contribution in [1.82, 2.24) is 19.3 Å². The quantitative estimate of drug-likeness (QED) is 0.774. The Morgan fingerprint density at radius 2 is 2.00 bits per heavy atom. The molecule has 0 fully saturated rings. The second-order valence-corrected chi connectivity index (χ2v) is 4.80. The van der Waals surface area contributed by atoms with E-state index in [1.54, 1.807) is 35.6 Å². The Bertz CT molecular complexity index is 704. The zero-order chi connectivity index (χ0) is 15.2. The van der Waals surface area contributed by atoms with Gasteiger partial charge in [0.1, 0.15) is 0 Å². The number of H-pyrrole nitrogens is 1. The van der Waals surface area contributed by atoms with Crippen molar-refractivity contribution in [1.29, 1.82) is 0 Å². The van der Waals surface area contributed by atoms with Crippen molar-refractivity contribution in [2.24, 2.45) is 0 Å². The minimum Gasteiger partial charge on any atom is -0.383 e. The van der Waals surface area contributed by atoms with Gasteiger partial charge in [0.15, 0.2) is 10.6 Å². The third kappa shape index (κ3) is 3.46. The van der Waals surface area contributed by atoms with E-state index in [1.807, 2.05) is 6.07 Å². The minimum absolute atomic E-state index is 0.123. The van der Waals surface area contributed by atoms with Crippen LogP contribution in [0.4, 0.5) is 0 Å². The molecule has 7 nitrogen and oxygen atoms in total. The molecule has 0 atom stereocenters. The number of ether oxygens (including phenoxy) is 2. The number of hydrogen-bond donors (Lipinski definition) is 1. The molecule has 0 aliphatic heterocycles. The Kier molecular flexibility index (Phi) is 5.43. The minimum atomic E-state index is -0.123. The van der Waals surface area contributed by atoms with Crippen LogP contribution in [0.25, 0.3) is 11.4 Å². The summed E-state index contributed by atoms with van der Waals surface area (Å²) >= 11 is 5.19. The maximum Gasteiger partial charge on any atom is 0.261 e. The molecule has 0 amide bonds. The highest BCUT2D eigenvalue weighted by Crippen LogP contribution is 2.12. The zero-order valence-corrected chi connectivity index (χ0v) is 12.9. The first-order valence-electron chi connectivity index (χ1n) is 6.52. The van der Waals surface area contributed by atoms with Crippen LogP contribution in [-0.2, 0) is 22.6 Å². The van der Waals surface area contributed by atoms with Crippen LogP contribution in [0.15, 0.2) is 23.1 Å². The number of methoxy groups -OCH3 is 2. The van der Waals surface area contributed by atoms with Crippen LogP contribution in [0.1, 0.15) is 0 Å². The van der Waals surface area contributed by atoms with E-state index in [0.29, 0.717) is 42.5 Å². The van der Waals surface area contributed by atoms with Crippen LogP contribution in [0.5, 0.6) is 0 Å². The van der Waals surface area contributed by atoms with E-state index < -0.39 is 0 Å². The second-order valence-electron chi connectivity index (χ2n) is 4.41. The Morgan fingerprint density at radius 3 is 2.71 bits per heavy atom. The fourth-order valence-corrected chi connectivity index (χ4v) is 2.21. The lowest BCUT2D eigenvalue weighted by atomic mass is 10.2. The normalized spacial score (nSPS) is 11.0. The average molecular weight is 310 g/mol. The van der Waals surface area contributed by atoms with E-state index in [1.165, 1.54) is 0 Å². The van der Waals surface area contributed by atoms with Gasteiger partial charge in [-0.05, 0) is 24.4 Å². The number of hydrogen-bond acceptors (Lipinski definition) is 5. The molecular formula is C13H18N4O3S. The molecule has 2 rings (SSSR count). The molecular weight excluding hydrogens is 292 g/mol. The molecule has 0 aromatic carbocycles. The fraction of sp³-hybridized carbons (Fsp3) is 0.462. The largest absolute Gasteiger partial charge is 0.383 e. The summed E-state index contributed by atoms with van der Waals surface area (Å²) in [5.41, 5.74) is 0.374. The number of nitrogens with one attached hydrogen (secondary N) is 1. The summed E-state index contributed by atoms with van der Waals surface area (Å²) in [6.45, 7) is 1.99. The molecule has 1 N–H and O–H groups in total. The highest BCUT2D eigenvalue weighted by molar-refractivity contribution is 7.71. The SMILES string of the molecule is COCCn1cccc(-c2n[nH]c(=S)n2CCOC)c1=O. The number of rotatable bonds is 7. The third-order valence-electron chi connectivity index (χ3n) is 3.07. The molecule has 2 aromatic heterocycles. The lowest BCUT2D eigenvalue weighted by Crippen LogP contribution is -2.24. The third-order valence-corrected chi connectivity index (χ3v) is 3.39. The Hall–Kier alpha value is -1.77. The number of pyridine rings is 1. The summed E-state index contributed by atoms with van der Waals surface area (Å²) in [6.07, 6.45) is 1.73. The van der Waals surface area contributed by atoms with Crippen molar-refractivity contribution in [2.75, 3.05) is 27.4 Å². The maximum atomic E-state index is 12.5. The molecule has 114 valence electrons. The predicted octanol–water partition coefficient (Wildman–Crippen LogP) is 1.06. The van der Waals surface area contributed by atoms with Crippen molar-refractivity contribution < 1.29 is 9.47 Å². The standard InChI is InChI=1S/C13H18N4O3S/c1-19-8-6-16-5-3-4-10(12(16)18)11-14-15-13(21)17(11)7-9-20-2/h3-5H,6-9H2,1-2H3,(H,15,21). The molecule has 0 saturated carbocycles. The van der Waals surface area contributed by atoms with Crippen molar-refractivity contribution >= 4 is 12.2 Å². The molecule has 0 unspecified atom stereocenters. The molecule has 2 heterocycles. The Labute approximate surface area is 127 Å². The number of nitrogens with zero attached hydrogens (tertiary/aromatic N) is 3. The van der Waals surface area contributed by atoms with Gasteiger partial charge in [0.25, 0.3) is 5.56 Å². The fourth-order valence-electron chi connectivity index (χ4n) is 1.99. The van der Waals surface area contributed by atoms with Gasteiger partial charge in [-0.25, -0.2) is 0 Å². The smallest absolute Gasteiger partial charge is 0.261 e. The van der Waals surface area contributed by atoms with Crippen molar-refractivity contribution in [3.8, 4) is 11.4 Å². The number of aromatic nitrogens is 4. The summed E-state index contributed by atoms with van der Waals surface area (Å²) in [4.78, 5) is 12.5. The molecule has 0 aliphatic rings. The zero-order valence-electron chi connectivity index (χ0n) is 12.0. The van der Waals surface area contributed by atoms with Gasteiger partial charge in [-0.3, -0.25) is 14.5 Å². The van der Waals surface area contributed by atoms with E-state index in [2.05, 4.69) is 10.2 Å². The molecule has 0 bridgehead atoms. The maximum absolute atomic E-state index is 12.5. The first-order chi connectivity index (χ1) is 10.2. The summed E-state index contributed by atoms with van der Waals surface area (Å²) in [5, 5.41) is 6.89. The second kappa shape index (κ2) is 7.30. The van der Waals surface area contributed by atoms with E-state index in [-0.39, 0.29) is 5.56 Å². The van der Waals surface area contributed by atoms with Crippen LogP contribution in [0.2, 0.25) is 0 Å². The van der Waals surface area contributed by atoms with Gasteiger partial charge in [-0.2, -0.15) is 5.10 Å².